The van der Waals surface area contributed by atoms with Crippen molar-refractivity contribution >= 4 is 6.09 Å². The number of carbonyl (C=O) groups excluding carboxylic acids is 1. The maximum absolute atomic E-state index is 12.5. The second kappa shape index (κ2) is 7.43. The molecule has 5 heteroatoms. The van der Waals surface area contributed by atoms with Crippen LogP contribution in [0.25, 0.3) is 0 Å². The number of alkyl carbamates (subject to hydrolysis) is 1. The number of nitrogens with one attached hydrogen (secondary N) is 1. The van der Waals surface area contributed by atoms with Gasteiger partial charge in [-0.3, -0.25) is 9.71 Å². The maximum atomic E-state index is 12.5. The van der Waals surface area contributed by atoms with Gasteiger partial charge in [0.15, 0.2) is 0 Å². The van der Waals surface area contributed by atoms with Gasteiger partial charge < -0.3 is 9.47 Å². The maximum Gasteiger partial charge on any atom is 0.409 e. The van der Waals surface area contributed by atoms with E-state index in [2.05, 4.69) is 18.5 Å². The Morgan fingerprint density at radius 1 is 1.35 bits per heavy atom. The summed E-state index contributed by atoms with van der Waals surface area (Å²) in [5.74, 6) is 0. The van der Waals surface area contributed by atoms with Crippen molar-refractivity contribution in [2.24, 2.45) is 0 Å². The molecule has 0 saturated carbocycles. The fourth-order valence-electron chi connectivity index (χ4n) is 1.49. The van der Waals surface area contributed by atoms with Crippen molar-refractivity contribution in [3.05, 3.63) is 24.8 Å². The van der Waals surface area contributed by atoms with Gasteiger partial charge in [-0.1, -0.05) is 19.2 Å². The minimum atomic E-state index is -1.01. The van der Waals surface area contributed by atoms with Crippen molar-refractivity contribution in [2.45, 2.75) is 58.5 Å². The summed E-state index contributed by atoms with van der Waals surface area (Å²) in [4.78, 5) is 11.7. The van der Waals surface area contributed by atoms with E-state index in [1.807, 2.05) is 0 Å². The Balaban J connectivity index is 4.65. The van der Waals surface area contributed by atoms with Gasteiger partial charge in [0, 0.05) is 6.42 Å². The van der Waals surface area contributed by atoms with Crippen LogP contribution in [0, 0.1) is 0 Å². The number of alkyl halides is 1. The normalized spacial score (nSPS) is 13.5. The fraction of sp³-hybridized carbons (Fsp3) is 0.667. The van der Waals surface area contributed by atoms with Crippen LogP contribution in [0.4, 0.5) is 9.18 Å². The topological polar surface area (TPSA) is 47.6 Å². The summed E-state index contributed by atoms with van der Waals surface area (Å²) < 4.78 is 23.4. The van der Waals surface area contributed by atoms with Crippen molar-refractivity contribution in [2.75, 3.05) is 6.67 Å². The van der Waals surface area contributed by atoms with E-state index in [1.165, 1.54) is 6.08 Å². The Kier molecular flexibility index (Phi) is 6.92. The van der Waals surface area contributed by atoms with Crippen molar-refractivity contribution < 1.29 is 18.7 Å². The van der Waals surface area contributed by atoms with E-state index in [1.54, 1.807) is 34.6 Å². The number of carbonyl (C=O) groups is 1. The zero-order valence-corrected chi connectivity index (χ0v) is 13.1. The molecule has 0 aromatic carbocycles. The van der Waals surface area contributed by atoms with Crippen molar-refractivity contribution in [3.63, 3.8) is 0 Å². The third kappa shape index (κ3) is 7.94. The number of rotatable bonds is 7. The summed E-state index contributed by atoms with van der Waals surface area (Å²) in [7, 11) is 0. The molecule has 0 aliphatic heterocycles. The average molecular weight is 287 g/mol. The predicted molar refractivity (Wildman–Crippen MR) is 78.3 cm³/mol. The molecule has 0 aromatic heterocycles. The molecule has 0 heterocycles. The minimum absolute atomic E-state index is 0.157. The molecule has 1 N–H and O–H groups in total. The smallest absolute Gasteiger partial charge is 0.409 e. The van der Waals surface area contributed by atoms with Crippen LogP contribution in [0.3, 0.4) is 0 Å². The molecule has 0 bridgehead atoms. The lowest BCUT2D eigenvalue weighted by atomic mass is 10.1. The third-order valence-corrected chi connectivity index (χ3v) is 2.29. The van der Waals surface area contributed by atoms with Crippen LogP contribution in [0.1, 0.15) is 41.0 Å². The Labute approximate surface area is 121 Å². The van der Waals surface area contributed by atoms with Crippen molar-refractivity contribution in [1.82, 2.24) is 5.32 Å². The zero-order valence-electron chi connectivity index (χ0n) is 13.1. The molecule has 0 aromatic rings. The molecule has 4 nitrogen and oxygen atoms in total. The van der Waals surface area contributed by atoms with E-state index in [9.17, 15) is 9.18 Å². The Morgan fingerprint density at radius 3 is 2.30 bits per heavy atom. The first-order valence-electron chi connectivity index (χ1n) is 6.57. The molecule has 0 radical (unpaired) electrons. The molecule has 0 spiro atoms. The third-order valence-electron chi connectivity index (χ3n) is 2.29. The van der Waals surface area contributed by atoms with Gasteiger partial charge in [0.1, 0.15) is 11.3 Å². The second-order valence-electron chi connectivity index (χ2n) is 6.00. The van der Waals surface area contributed by atoms with Gasteiger partial charge in [-0.15, -0.1) is 0 Å². The molecule has 0 rings (SSSR count). The van der Waals surface area contributed by atoms with Gasteiger partial charge >= 0.3 is 6.09 Å². The molecular formula is C15H26FNO3. The number of halogens is 1. The van der Waals surface area contributed by atoms with Crippen LogP contribution < -0.4 is 5.32 Å². The molecular weight excluding hydrogens is 261 g/mol. The van der Waals surface area contributed by atoms with Gasteiger partial charge in [0.05, 0.1) is 12.8 Å². The summed E-state index contributed by atoms with van der Waals surface area (Å²) in [5.41, 5.74) is -1.03. The average Bonchev–Trinajstić information content (AvgIpc) is 2.23. The molecule has 1 unspecified atom stereocenters. The van der Waals surface area contributed by atoms with Crippen LogP contribution in [-0.4, -0.2) is 30.2 Å². The van der Waals surface area contributed by atoms with E-state index in [-0.39, 0.29) is 6.42 Å². The largest absolute Gasteiger partial charge is 0.444 e. The first-order chi connectivity index (χ1) is 9.00. The standard InChI is InChI=1S/C15H26FNO3/c1-8-11(2)12(9-10-16)19-15(6,7)17-13(18)20-14(3,4)5/h8,12H,1-2,9-10H2,3-7H3,(H,17,18). The first kappa shape index (κ1) is 18.6. The Bertz CT molecular complexity index is 359. The van der Waals surface area contributed by atoms with Crippen LogP contribution in [0.15, 0.2) is 24.8 Å². The number of amides is 1. The Morgan fingerprint density at radius 2 is 1.90 bits per heavy atom. The van der Waals surface area contributed by atoms with E-state index in [0.29, 0.717) is 5.57 Å². The van der Waals surface area contributed by atoms with Gasteiger partial charge in [-0.2, -0.15) is 0 Å². The lowest BCUT2D eigenvalue weighted by molar-refractivity contribution is -0.0807. The molecule has 1 atom stereocenters. The summed E-state index contributed by atoms with van der Waals surface area (Å²) in [6.45, 7) is 15.4. The number of hydrogen-bond acceptors (Lipinski definition) is 3. The Hall–Kier alpha value is -1.36. The van der Waals surface area contributed by atoms with Gasteiger partial charge in [-0.25, -0.2) is 4.79 Å². The highest BCUT2D eigenvalue weighted by Gasteiger charge is 2.28. The van der Waals surface area contributed by atoms with E-state index < -0.39 is 30.2 Å². The number of ether oxygens (including phenoxy) is 2. The summed E-state index contributed by atoms with van der Waals surface area (Å²) in [6, 6.07) is 0. The highest BCUT2D eigenvalue weighted by Crippen LogP contribution is 2.18. The minimum Gasteiger partial charge on any atom is -0.444 e. The summed E-state index contributed by atoms with van der Waals surface area (Å²) in [5, 5.41) is 2.60. The lowest BCUT2D eigenvalue weighted by Crippen LogP contribution is -2.49. The second-order valence-corrected chi connectivity index (χ2v) is 6.00. The van der Waals surface area contributed by atoms with Crippen molar-refractivity contribution in [3.8, 4) is 0 Å². The van der Waals surface area contributed by atoms with E-state index in [0.717, 1.165) is 0 Å². The van der Waals surface area contributed by atoms with Crippen molar-refractivity contribution in [1.29, 1.82) is 0 Å². The molecule has 20 heavy (non-hydrogen) atoms. The molecule has 116 valence electrons. The molecule has 0 fully saturated rings. The van der Waals surface area contributed by atoms with E-state index >= 15 is 0 Å². The van der Waals surface area contributed by atoms with Crippen LogP contribution in [0.5, 0.6) is 0 Å². The van der Waals surface area contributed by atoms with Gasteiger partial charge in [0.25, 0.3) is 0 Å². The van der Waals surface area contributed by atoms with Crippen LogP contribution in [0.2, 0.25) is 0 Å². The summed E-state index contributed by atoms with van der Waals surface area (Å²) >= 11 is 0. The highest BCUT2D eigenvalue weighted by molar-refractivity contribution is 5.68. The predicted octanol–water partition coefficient (Wildman–Crippen LogP) is 3.73. The van der Waals surface area contributed by atoms with Gasteiger partial charge in [-0.05, 0) is 40.2 Å². The molecule has 0 aliphatic carbocycles. The summed E-state index contributed by atoms with van der Waals surface area (Å²) in [6.07, 6.45) is 0.543. The molecule has 1 amide bonds. The monoisotopic (exact) mass is 287 g/mol. The SMILES string of the molecule is C=CC(=C)C(CCF)OC(C)(C)NC(=O)OC(C)(C)C. The molecule has 0 saturated heterocycles. The first-order valence-corrected chi connectivity index (χ1v) is 6.57. The fourth-order valence-corrected chi connectivity index (χ4v) is 1.49. The van der Waals surface area contributed by atoms with Gasteiger partial charge in [0.2, 0.25) is 0 Å². The quantitative estimate of drug-likeness (QED) is 0.573. The van der Waals surface area contributed by atoms with Crippen LogP contribution in [-0.2, 0) is 9.47 Å². The lowest BCUT2D eigenvalue weighted by Gasteiger charge is -2.32. The zero-order chi connectivity index (χ0) is 16.0. The number of hydrogen-bond donors (Lipinski definition) is 1. The highest BCUT2D eigenvalue weighted by atomic mass is 19.1. The van der Waals surface area contributed by atoms with Crippen LogP contribution >= 0.6 is 0 Å². The van der Waals surface area contributed by atoms with E-state index in [4.69, 9.17) is 9.47 Å². The molecule has 0 aliphatic rings.